The molecule has 6 heteroatoms. The third kappa shape index (κ3) is 9.06. The van der Waals surface area contributed by atoms with Crippen LogP contribution < -0.4 is 0 Å². The molecule has 98 valence electrons. The predicted octanol–water partition coefficient (Wildman–Crippen LogP) is 1.55. The van der Waals surface area contributed by atoms with Gasteiger partial charge in [-0.3, -0.25) is 5.10 Å². The van der Waals surface area contributed by atoms with Gasteiger partial charge in [0.2, 0.25) is 6.08 Å². The van der Waals surface area contributed by atoms with E-state index in [-0.39, 0.29) is 6.61 Å². The standard InChI is InChI=1S/C8H11NO3.C4H6N2/c1-7(2)8(11)12-5-3-4-9-6-10;1-4-2-3-5-6-4/h1,3-5H2,2H3;2-3H,1H3,(H,5,6). The number of nitrogens with zero attached hydrogens (tertiary/aromatic N) is 2. The van der Waals surface area contributed by atoms with Gasteiger partial charge in [0, 0.05) is 18.2 Å². The fraction of sp³-hybridized carbons (Fsp3) is 0.417. The molecule has 1 heterocycles. The number of esters is 1. The number of aryl methyl sites for hydroxylation is 1. The van der Waals surface area contributed by atoms with Crippen LogP contribution in [0.3, 0.4) is 0 Å². The summed E-state index contributed by atoms with van der Waals surface area (Å²) in [5.41, 5.74) is 1.41. The summed E-state index contributed by atoms with van der Waals surface area (Å²) in [4.78, 5) is 23.6. The highest BCUT2D eigenvalue weighted by Crippen LogP contribution is 1.93. The second-order valence-electron chi connectivity index (χ2n) is 3.46. The average molecular weight is 251 g/mol. The third-order valence-electron chi connectivity index (χ3n) is 1.70. The van der Waals surface area contributed by atoms with E-state index in [1.807, 2.05) is 13.0 Å². The van der Waals surface area contributed by atoms with Crippen molar-refractivity contribution in [2.75, 3.05) is 13.2 Å². The van der Waals surface area contributed by atoms with Crippen LogP contribution in [0.4, 0.5) is 0 Å². The van der Waals surface area contributed by atoms with Gasteiger partial charge < -0.3 is 4.74 Å². The van der Waals surface area contributed by atoms with E-state index in [0.29, 0.717) is 18.5 Å². The lowest BCUT2D eigenvalue weighted by atomic mass is 10.4. The fourth-order valence-corrected chi connectivity index (χ4v) is 0.812. The number of rotatable bonds is 5. The Kier molecular flexibility index (Phi) is 8.77. The number of hydrogen-bond acceptors (Lipinski definition) is 5. The van der Waals surface area contributed by atoms with Crippen LogP contribution in [-0.4, -0.2) is 35.4 Å². The number of aromatic amines is 1. The van der Waals surface area contributed by atoms with Crippen LogP contribution in [0.15, 0.2) is 29.4 Å². The molecule has 0 saturated carbocycles. The third-order valence-corrected chi connectivity index (χ3v) is 1.70. The summed E-state index contributed by atoms with van der Waals surface area (Å²) in [6, 6.07) is 1.92. The Labute approximate surface area is 106 Å². The molecule has 18 heavy (non-hydrogen) atoms. The second kappa shape index (κ2) is 9.99. The van der Waals surface area contributed by atoms with Crippen molar-refractivity contribution in [2.45, 2.75) is 20.3 Å². The van der Waals surface area contributed by atoms with Crippen LogP contribution in [0.2, 0.25) is 0 Å². The number of hydrogen-bond donors (Lipinski definition) is 1. The summed E-state index contributed by atoms with van der Waals surface area (Å²) < 4.78 is 4.72. The Morgan fingerprint density at radius 1 is 1.67 bits per heavy atom. The quantitative estimate of drug-likeness (QED) is 0.283. The number of ether oxygens (including phenoxy) is 1. The maximum absolute atomic E-state index is 10.7. The van der Waals surface area contributed by atoms with Crippen LogP contribution >= 0.6 is 0 Å². The lowest BCUT2D eigenvalue weighted by Gasteiger charge is -2.00. The van der Waals surface area contributed by atoms with E-state index < -0.39 is 5.97 Å². The SMILES string of the molecule is C=C(C)C(=O)OCCCN=C=O.Cc1cc[nH]n1. The number of H-pyrrole nitrogens is 1. The molecule has 0 bridgehead atoms. The van der Waals surface area contributed by atoms with E-state index in [0.717, 1.165) is 5.69 Å². The lowest BCUT2D eigenvalue weighted by Crippen LogP contribution is -2.06. The largest absolute Gasteiger partial charge is 0.462 e. The second-order valence-corrected chi connectivity index (χ2v) is 3.46. The number of isocyanates is 1. The summed E-state index contributed by atoms with van der Waals surface area (Å²) in [5, 5.41) is 6.47. The molecule has 1 rings (SSSR count). The molecule has 0 unspecified atom stereocenters. The molecule has 0 saturated heterocycles. The van der Waals surface area contributed by atoms with Gasteiger partial charge in [0.1, 0.15) is 0 Å². The van der Waals surface area contributed by atoms with Gasteiger partial charge in [-0.1, -0.05) is 6.58 Å². The smallest absolute Gasteiger partial charge is 0.333 e. The molecule has 6 nitrogen and oxygen atoms in total. The lowest BCUT2D eigenvalue weighted by molar-refractivity contribution is -0.138. The molecule has 0 spiro atoms. The van der Waals surface area contributed by atoms with Crippen molar-refractivity contribution < 1.29 is 14.3 Å². The number of nitrogens with one attached hydrogen (secondary N) is 1. The van der Waals surface area contributed by atoms with Crippen LogP contribution in [0.5, 0.6) is 0 Å². The Balaban J connectivity index is 0.000000397. The Morgan fingerprint density at radius 3 is 2.78 bits per heavy atom. The molecule has 0 radical (unpaired) electrons. The van der Waals surface area contributed by atoms with Gasteiger partial charge in [0.05, 0.1) is 18.8 Å². The van der Waals surface area contributed by atoms with E-state index in [1.165, 1.54) is 6.08 Å². The van der Waals surface area contributed by atoms with E-state index >= 15 is 0 Å². The Hall–Kier alpha value is -2.20. The molecule has 1 aromatic heterocycles. The van der Waals surface area contributed by atoms with Crippen LogP contribution in [0.1, 0.15) is 19.0 Å². The average Bonchev–Trinajstić information content (AvgIpc) is 2.80. The van der Waals surface area contributed by atoms with Gasteiger partial charge in [-0.15, -0.1) is 0 Å². The van der Waals surface area contributed by atoms with Gasteiger partial charge in [-0.2, -0.15) is 5.10 Å². The van der Waals surface area contributed by atoms with Gasteiger partial charge in [-0.25, -0.2) is 14.6 Å². The zero-order valence-electron chi connectivity index (χ0n) is 10.6. The molecular weight excluding hydrogens is 234 g/mol. The first-order valence-electron chi connectivity index (χ1n) is 5.40. The summed E-state index contributed by atoms with van der Waals surface area (Å²) in [6.07, 6.45) is 3.73. The fourth-order valence-electron chi connectivity index (χ4n) is 0.812. The van der Waals surface area contributed by atoms with E-state index in [4.69, 9.17) is 4.74 Å². The zero-order valence-corrected chi connectivity index (χ0v) is 10.6. The topological polar surface area (TPSA) is 84.4 Å². The van der Waals surface area contributed by atoms with Crippen molar-refractivity contribution >= 4 is 12.0 Å². The van der Waals surface area contributed by atoms with Crippen LogP contribution in [-0.2, 0) is 14.3 Å². The maximum Gasteiger partial charge on any atom is 0.333 e. The summed E-state index contributed by atoms with van der Waals surface area (Å²) in [5.74, 6) is -0.412. The first kappa shape index (κ1) is 15.8. The maximum atomic E-state index is 10.7. The van der Waals surface area contributed by atoms with Gasteiger partial charge >= 0.3 is 5.97 Å². The number of aromatic nitrogens is 2. The number of carbonyl (C=O) groups excluding carboxylic acids is 2. The van der Waals surface area contributed by atoms with Crippen molar-refractivity contribution in [1.82, 2.24) is 10.2 Å². The van der Waals surface area contributed by atoms with E-state index in [1.54, 1.807) is 13.1 Å². The highest BCUT2D eigenvalue weighted by molar-refractivity contribution is 5.86. The molecule has 1 N–H and O–H groups in total. The first-order valence-corrected chi connectivity index (χ1v) is 5.40. The van der Waals surface area contributed by atoms with Crippen LogP contribution in [0.25, 0.3) is 0 Å². The minimum absolute atomic E-state index is 0.261. The molecule has 0 aliphatic rings. The molecular formula is C12H17N3O3. The van der Waals surface area contributed by atoms with Gasteiger partial charge in [0.15, 0.2) is 0 Å². The van der Waals surface area contributed by atoms with Crippen molar-refractivity contribution in [3.63, 3.8) is 0 Å². The summed E-state index contributed by atoms with van der Waals surface area (Å²) >= 11 is 0. The monoisotopic (exact) mass is 251 g/mol. The van der Waals surface area contributed by atoms with Crippen molar-refractivity contribution in [1.29, 1.82) is 0 Å². The number of aliphatic imine (C=N–C) groups is 1. The van der Waals surface area contributed by atoms with Crippen molar-refractivity contribution in [2.24, 2.45) is 4.99 Å². The van der Waals surface area contributed by atoms with Crippen molar-refractivity contribution in [3.8, 4) is 0 Å². The normalized spacial score (nSPS) is 8.56. The van der Waals surface area contributed by atoms with Gasteiger partial charge in [-0.05, 0) is 19.9 Å². The predicted molar refractivity (Wildman–Crippen MR) is 66.7 cm³/mol. The zero-order chi connectivity index (χ0) is 13.8. The van der Waals surface area contributed by atoms with Crippen molar-refractivity contribution in [3.05, 3.63) is 30.1 Å². The number of carbonyl (C=O) groups is 1. The molecule has 0 aromatic carbocycles. The van der Waals surface area contributed by atoms with E-state index in [2.05, 4.69) is 21.8 Å². The summed E-state index contributed by atoms with van der Waals surface area (Å²) in [6.45, 7) is 7.53. The molecule has 0 aliphatic heterocycles. The first-order chi connectivity index (χ1) is 8.57. The molecule has 0 atom stereocenters. The molecule has 0 amide bonds. The molecule has 0 fully saturated rings. The highest BCUT2D eigenvalue weighted by Gasteiger charge is 2.00. The van der Waals surface area contributed by atoms with Gasteiger partial charge in [0.25, 0.3) is 0 Å². The molecule has 0 aliphatic carbocycles. The van der Waals surface area contributed by atoms with E-state index in [9.17, 15) is 9.59 Å². The highest BCUT2D eigenvalue weighted by atomic mass is 16.5. The molecule has 1 aromatic rings. The Bertz CT molecular complexity index is 406. The summed E-state index contributed by atoms with van der Waals surface area (Å²) in [7, 11) is 0. The Morgan fingerprint density at radius 2 is 2.39 bits per heavy atom. The minimum Gasteiger partial charge on any atom is -0.462 e. The minimum atomic E-state index is -0.412. The van der Waals surface area contributed by atoms with Crippen LogP contribution in [0, 0.1) is 6.92 Å².